The zero-order valence-corrected chi connectivity index (χ0v) is 78.5. The van der Waals surface area contributed by atoms with Gasteiger partial charge in [0.1, 0.15) is 0 Å². The first-order valence-corrected chi connectivity index (χ1v) is 49.9. The molecule has 658 valence electrons. The Morgan fingerprint density at radius 3 is 1.01 bits per heavy atom. The van der Waals surface area contributed by atoms with Gasteiger partial charge in [-0.05, 0) is 164 Å². The summed E-state index contributed by atoms with van der Waals surface area (Å²) in [6.45, 7) is 4.67. The van der Waals surface area contributed by atoms with Gasteiger partial charge in [0.15, 0.2) is 11.6 Å². The third-order valence-corrected chi connectivity index (χ3v) is 32.4. The van der Waals surface area contributed by atoms with E-state index in [9.17, 15) is 0 Å². The highest BCUT2D eigenvalue weighted by molar-refractivity contribution is 7.28. The molecule has 0 spiro atoms. The zero-order valence-electron chi connectivity index (χ0n) is 81.0. The van der Waals surface area contributed by atoms with Gasteiger partial charge in [0.25, 0.3) is 0 Å². The Morgan fingerprint density at radius 2 is 0.560 bits per heavy atom. The lowest BCUT2D eigenvalue weighted by Crippen LogP contribution is -2.15. The van der Waals surface area contributed by atoms with Crippen molar-refractivity contribution in [2.24, 2.45) is 0 Å². The largest absolute Gasteiger partial charge is 0.308 e. The van der Waals surface area contributed by atoms with Crippen molar-refractivity contribution in [1.82, 2.24) is 43.6 Å². The molecule has 0 saturated heterocycles. The number of rotatable bonds is 8. The molecular weight excluding hydrogens is 1770 g/mol. The van der Waals surface area contributed by atoms with E-state index >= 15 is 0 Å². The minimum absolute atomic E-state index is 0.0577. The second kappa shape index (κ2) is 31.8. The summed E-state index contributed by atoms with van der Waals surface area (Å²) in [7, 11) is 0. The first-order valence-electron chi connectivity index (χ1n) is 50.0. The van der Waals surface area contributed by atoms with Crippen molar-refractivity contribution >= 4 is 225 Å². The standard InChI is InChI=1S/C45H29N3S.2C42H25N3S/c1-45(2)34-19-9-5-13-27(34)28-24-23-26(25-35(28)45)41-31-16-6-10-20-36(31)46-44(47-41)48-37-21-11-7-17-32(37)39-29-14-3-4-15-30(29)40-33-18-8-12-22-38(33)49-43(40)42(39)48;2*1-2-12-26(13-3-1)39-31-16-6-9-19-34(31)43-42(44-39)27-22-24-28(25-23-27)45-35-20-10-7-17-32(35)37-29-14-4-5-15-30(29)38-33-18-8-11-21-36(33)46-41(38)40(37)45/h3-25H,1-2H3;2*1-25H/i;1D,2D,3D,12D,13D;. The molecule has 21 aromatic carbocycles. The summed E-state index contributed by atoms with van der Waals surface area (Å²) < 4.78 is 56.8. The molecule has 0 N–H and O–H groups in total. The first kappa shape index (κ1) is 75.7. The van der Waals surface area contributed by atoms with Crippen LogP contribution in [0.25, 0.3) is 276 Å². The highest BCUT2D eigenvalue weighted by atomic mass is 32.1. The molecule has 0 atom stereocenters. The van der Waals surface area contributed by atoms with Gasteiger partial charge in [-0.15, -0.1) is 34.0 Å². The third-order valence-electron chi connectivity index (χ3n) is 28.9. The lowest BCUT2D eigenvalue weighted by Gasteiger charge is -2.22. The summed E-state index contributed by atoms with van der Waals surface area (Å²) in [6.07, 6.45) is 0. The first-order chi connectivity index (χ1) is 71.8. The van der Waals surface area contributed by atoms with Gasteiger partial charge >= 0.3 is 0 Å². The number of hydrogen-bond donors (Lipinski definition) is 0. The molecular formula is C129H79N9S3. The molecule has 0 aliphatic heterocycles. The fourth-order valence-electron chi connectivity index (χ4n) is 22.7. The lowest BCUT2D eigenvalue weighted by atomic mass is 9.82. The number of benzene rings is 21. The molecule has 9 nitrogen and oxygen atoms in total. The van der Waals surface area contributed by atoms with E-state index in [1.807, 2.05) is 82.5 Å². The zero-order chi connectivity index (χ0) is 97.2. The Bertz CT molecular complexity index is 10800. The minimum Gasteiger partial charge on any atom is -0.308 e. The van der Waals surface area contributed by atoms with E-state index in [2.05, 4.69) is 392 Å². The fraction of sp³-hybridized carbons (Fsp3) is 0.0233. The molecule has 0 saturated carbocycles. The van der Waals surface area contributed by atoms with Crippen LogP contribution in [0.1, 0.15) is 31.8 Å². The number of aromatic nitrogens is 9. The minimum atomic E-state index is -0.436. The quantitative estimate of drug-likeness (QED) is 0.150. The third kappa shape index (κ3) is 12.4. The van der Waals surface area contributed by atoms with Crippen LogP contribution in [-0.4, -0.2) is 43.6 Å². The number of thiophene rings is 3. The van der Waals surface area contributed by atoms with Crippen LogP contribution in [0.3, 0.4) is 0 Å². The summed E-state index contributed by atoms with van der Waals surface area (Å²) in [6, 6.07) is 144. The Labute approximate surface area is 827 Å². The molecule has 9 heterocycles. The highest BCUT2D eigenvalue weighted by Gasteiger charge is 2.37. The van der Waals surface area contributed by atoms with Gasteiger partial charge in [-0.2, -0.15) is 0 Å². The van der Waals surface area contributed by atoms with Crippen LogP contribution in [0.4, 0.5) is 0 Å². The van der Waals surface area contributed by atoms with Crippen molar-refractivity contribution in [3.8, 4) is 85.0 Å². The smallest absolute Gasteiger partial charge is 0.235 e. The van der Waals surface area contributed by atoms with Crippen LogP contribution in [0.5, 0.6) is 0 Å². The average Bonchev–Trinajstić information content (AvgIpc) is 1.53. The Hall–Kier alpha value is -17.5. The Morgan fingerprint density at radius 1 is 0.234 bits per heavy atom. The van der Waals surface area contributed by atoms with Crippen molar-refractivity contribution < 1.29 is 6.85 Å². The normalized spacial score (nSPS) is 13.0. The average molecular weight is 1860 g/mol. The van der Waals surface area contributed by atoms with E-state index in [4.69, 9.17) is 36.8 Å². The van der Waals surface area contributed by atoms with E-state index in [1.54, 1.807) is 0 Å². The van der Waals surface area contributed by atoms with E-state index in [0.29, 0.717) is 28.4 Å². The van der Waals surface area contributed by atoms with Crippen molar-refractivity contribution in [3.63, 3.8) is 0 Å². The van der Waals surface area contributed by atoms with E-state index in [-0.39, 0.29) is 23.1 Å². The molecule has 141 heavy (non-hydrogen) atoms. The Kier molecular flexibility index (Phi) is 17.1. The summed E-state index contributed by atoms with van der Waals surface area (Å²) in [5.41, 5.74) is 23.1. The van der Waals surface area contributed by atoms with Gasteiger partial charge in [0.2, 0.25) is 5.95 Å². The Balaban J connectivity index is 0.000000104. The molecule has 0 amide bonds. The molecule has 30 aromatic rings. The fourth-order valence-corrected chi connectivity index (χ4v) is 26.4. The van der Waals surface area contributed by atoms with Crippen molar-refractivity contribution in [1.29, 1.82) is 0 Å². The molecule has 1 aliphatic carbocycles. The molecule has 9 aromatic heterocycles. The summed E-state index contributed by atoms with van der Waals surface area (Å²) in [5, 5.41) is 25.5. The van der Waals surface area contributed by atoms with Crippen LogP contribution in [-0.2, 0) is 5.41 Å². The highest BCUT2D eigenvalue weighted by Crippen LogP contribution is 2.55. The molecule has 0 radical (unpaired) electrons. The van der Waals surface area contributed by atoms with Crippen molar-refractivity contribution in [2.45, 2.75) is 19.3 Å². The van der Waals surface area contributed by atoms with Crippen LogP contribution in [0.2, 0.25) is 0 Å². The number of fused-ring (bicyclic) bond motifs is 36. The number of para-hydroxylation sites is 6. The van der Waals surface area contributed by atoms with Crippen LogP contribution >= 0.6 is 34.0 Å². The molecule has 1 aliphatic rings. The second-order valence-electron chi connectivity index (χ2n) is 36.9. The van der Waals surface area contributed by atoms with Crippen molar-refractivity contribution in [2.75, 3.05) is 0 Å². The van der Waals surface area contributed by atoms with Gasteiger partial charge in [0, 0.05) is 140 Å². The number of hydrogen-bond acceptors (Lipinski definition) is 9. The van der Waals surface area contributed by atoms with Crippen LogP contribution in [0.15, 0.2) is 443 Å². The topological polar surface area (TPSA) is 92.1 Å². The predicted molar refractivity (Wildman–Crippen MR) is 598 cm³/mol. The SMILES string of the molecule is CC1(C)c2ccccc2-c2ccc(-c3nc(-n4c5ccccc5c5c6ccccc6c6c7ccccc7sc6c54)nc4ccccc34)cc21.[2H]c1c([2H])c([2H])c(-c2nc(-c3ccc(-n4c5ccccc5c5c6ccccc6c6c7ccccc7sc6c54)cc3)nc3ccccc23)c([2H])c1[2H].c1ccc(-c2nc(-c3ccc(-n4c5ccccc5c5c6ccccc6c6c7ccccc7sc6c54)cc3)nc3ccccc23)cc1. The maximum absolute atomic E-state index is 8.67. The molecule has 12 heteroatoms. The summed E-state index contributed by atoms with van der Waals surface area (Å²) in [5.74, 6) is 1.82. The van der Waals surface area contributed by atoms with E-state index in [0.717, 1.165) is 83.7 Å². The van der Waals surface area contributed by atoms with Gasteiger partial charge in [-0.1, -0.05) is 347 Å². The van der Waals surface area contributed by atoms with Crippen LogP contribution in [0, 0.1) is 0 Å². The molecule has 0 unspecified atom stereocenters. The van der Waals surface area contributed by atoms with Gasteiger partial charge in [0.05, 0.1) is 87.7 Å². The van der Waals surface area contributed by atoms with Gasteiger partial charge in [-0.25, -0.2) is 29.9 Å². The summed E-state index contributed by atoms with van der Waals surface area (Å²) in [4.78, 5) is 30.8. The van der Waals surface area contributed by atoms with Crippen molar-refractivity contribution in [3.05, 3.63) is 454 Å². The second-order valence-corrected chi connectivity index (χ2v) is 40.0. The molecule has 0 bridgehead atoms. The summed E-state index contributed by atoms with van der Waals surface area (Å²) >= 11 is 5.58. The maximum atomic E-state index is 8.67. The lowest BCUT2D eigenvalue weighted by molar-refractivity contribution is 0.660. The van der Waals surface area contributed by atoms with Gasteiger partial charge < -0.3 is 9.13 Å². The molecule has 0 fully saturated rings. The van der Waals surface area contributed by atoms with Crippen LogP contribution < -0.4 is 0 Å². The van der Waals surface area contributed by atoms with E-state index in [1.165, 1.54) is 169 Å². The predicted octanol–water partition coefficient (Wildman–Crippen LogP) is 35.4. The monoisotopic (exact) mass is 1850 g/mol. The number of nitrogens with zero attached hydrogens (tertiary/aromatic N) is 9. The maximum Gasteiger partial charge on any atom is 0.235 e. The van der Waals surface area contributed by atoms with E-state index < -0.39 is 18.1 Å². The van der Waals surface area contributed by atoms with Gasteiger partial charge in [-0.3, -0.25) is 4.57 Å². The molecule has 31 rings (SSSR count).